The molecule has 0 aromatic heterocycles. The smallest absolute Gasteiger partial charge is 0.266 e. The van der Waals surface area contributed by atoms with Crippen LogP contribution >= 0.6 is 0 Å². The van der Waals surface area contributed by atoms with Gasteiger partial charge in [-0.1, -0.05) is 36.4 Å². The number of carbonyl (C=O) groups is 1. The van der Waals surface area contributed by atoms with Gasteiger partial charge in [-0.15, -0.1) is 6.58 Å². The molecule has 3 rings (SSSR count). The number of hydrazine groups is 1. The minimum absolute atomic E-state index is 0.0816. The van der Waals surface area contributed by atoms with Crippen LogP contribution in [0.3, 0.4) is 0 Å². The molecule has 2 aromatic rings. The number of nitrogens with zero attached hydrogens (tertiary/aromatic N) is 1. The predicted molar refractivity (Wildman–Crippen MR) is 131 cm³/mol. The van der Waals surface area contributed by atoms with E-state index in [-0.39, 0.29) is 12.5 Å². The highest BCUT2D eigenvalue weighted by molar-refractivity contribution is 6.01. The van der Waals surface area contributed by atoms with Gasteiger partial charge >= 0.3 is 0 Å². The predicted octanol–water partition coefficient (Wildman–Crippen LogP) is 2.94. The lowest BCUT2D eigenvalue weighted by Gasteiger charge is -2.29. The lowest BCUT2D eigenvalue weighted by molar-refractivity contribution is -0.129. The molecule has 1 heterocycles. The molecule has 0 spiro atoms. The van der Waals surface area contributed by atoms with E-state index in [9.17, 15) is 4.79 Å². The number of amides is 1. The van der Waals surface area contributed by atoms with Crippen molar-refractivity contribution in [3.8, 4) is 5.75 Å². The third kappa shape index (κ3) is 6.22. The molecular weight excluding hydrogens is 434 g/mol. The minimum atomic E-state index is -1.22. The van der Waals surface area contributed by atoms with Crippen LogP contribution in [0.5, 0.6) is 5.75 Å². The van der Waals surface area contributed by atoms with Crippen LogP contribution in [0.4, 0.5) is 0 Å². The summed E-state index contributed by atoms with van der Waals surface area (Å²) in [5.41, 5.74) is 6.13. The molecule has 0 fully saturated rings. The first-order chi connectivity index (χ1) is 16.6. The van der Waals surface area contributed by atoms with Gasteiger partial charge in [0.2, 0.25) is 5.90 Å². The molecule has 0 bridgehead atoms. The number of ether oxygens (including phenoxy) is 3. The Morgan fingerprint density at radius 3 is 2.62 bits per heavy atom. The van der Waals surface area contributed by atoms with Crippen LogP contribution in [0.15, 0.2) is 72.2 Å². The fourth-order valence-corrected chi connectivity index (χ4v) is 3.72. The van der Waals surface area contributed by atoms with E-state index in [1.807, 2.05) is 54.6 Å². The Labute approximate surface area is 200 Å². The Morgan fingerprint density at radius 1 is 1.18 bits per heavy atom. The van der Waals surface area contributed by atoms with E-state index < -0.39 is 11.6 Å². The highest BCUT2D eigenvalue weighted by atomic mass is 16.5. The van der Waals surface area contributed by atoms with Crippen molar-refractivity contribution in [2.75, 3.05) is 33.5 Å². The average molecular weight is 468 g/mol. The fraction of sp³-hybridized carbons (Fsp3) is 0.385. The highest BCUT2D eigenvalue weighted by Crippen LogP contribution is 2.42. The molecule has 8 nitrogen and oxygen atoms in total. The number of nitrogens with one attached hydrogen (secondary N) is 2. The summed E-state index contributed by atoms with van der Waals surface area (Å²) in [5.74, 6) is 0.774. The van der Waals surface area contributed by atoms with E-state index in [1.54, 1.807) is 13.2 Å². The van der Waals surface area contributed by atoms with Gasteiger partial charge < -0.3 is 19.3 Å². The first kappa shape index (κ1) is 25.4. The molecule has 0 unspecified atom stereocenters. The zero-order chi connectivity index (χ0) is 24.2. The van der Waals surface area contributed by atoms with Crippen molar-refractivity contribution in [2.24, 2.45) is 4.99 Å². The van der Waals surface area contributed by atoms with Crippen molar-refractivity contribution in [3.63, 3.8) is 0 Å². The van der Waals surface area contributed by atoms with Gasteiger partial charge in [-0.25, -0.2) is 10.4 Å². The summed E-state index contributed by atoms with van der Waals surface area (Å²) in [4.78, 5) is 18.3. The van der Waals surface area contributed by atoms with E-state index in [2.05, 4.69) is 17.4 Å². The van der Waals surface area contributed by atoms with Crippen molar-refractivity contribution in [1.82, 2.24) is 10.9 Å². The van der Waals surface area contributed by atoms with Gasteiger partial charge in [0.15, 0.2) is 11.6 Å². The zero-order valence-electron chi connectivity index (χ0n) is 19.5. The van der Waals surface area contributed by atoms with Gasteiger partial charge in [0.1, 0.15) is 5.75 Å². The number of carbonyl (C=O) groups excluding carboxylic acids is 1. The Bertz CT molecular complexity index is 949. The largest absolute Gasteiger partial charge is 0.494 e. The number of hydrogen-bond donors (Lipinski definition) is 3. The number of benzene rings is 2. The van der Waals surface area contributed by atoms with Crippen LogP contribution < -0.4 is 15.6 Å². The van der Waals surface area contributed by atoms with E-state index in [4.69, 9.17) is 24.3 Å². The fourth-order valence-electron chi connectivity index (χ4n) is 3.72. The molecule has 1 aliphatic heterocycles. The van der Waals surface area contributed by atoms with Gasteiger partial charge in [0.25, 0.3) is 5.91 Å². The molecule has 34 heavy (non-hydrogen) atoms. The molecule has 1 aliphatic rings. The average Bonchev–Trinajstić information content (AvgIpc) is 3.26. The topological polar surface area (TPSA) is 101 Å². The first-order valence-electron chi connectivity index (χ1n) is 11.4. The second-order valence-electron chi connectivity index (χ2n) is 7.92. The monoisotopic (exact) mass is 467 g/mol. The molecule has 0 saturated heterocycles. The summed E-state index contributed by atoms with van der Waals surface area (Å²) in [7, 11) is 1.64. The third-order valence-corrected chi connectivity index (χ3v) is 5.44. The van der Waals surface area contributed by atoms with Crippen molar-refractivity contribution in [2.45, 2.75) is 30.9 Å². The summed E-state index contributed by atoms with van der Waals surface area (Å²) in [6.07, 6.45) is 2.68. The highest BCUT2D eigenvalue weighted by Gasteiger charge is 2.52. The van der Waals surface area contributed by atoms with E-state index in [1.165, 1.54) is 0 Å². The standard InChI is InChI=1S/C26H33N3O5/c1-3-15-26(25(31)29-27-16-7-18-32-2)23(20-9-5-4-6-10-20)34-24(28-26)21-11-13-22(14-12-21)33-19-8-17-30/h3-6,9-14,23,27,30H,1,7-8,15-19H2,2H3,(H,29,31)/t23-,26-/m0/s1. The Kier molecular flexibility index (Phi) is 9.63. The Hall–Kier alpha value is -3.20. The molecule has 2 aromatic carbocycles. The number of aliphatic imine (C=N–C) groups is 1. The van der Waals surface area contributed by atoms with Crippen LogP contribution in [-0.4, -0.2) is 55.9 Å². The molecule has 1 amide bonds. The zero-order valence-corrected chi connectivity index (χ0v) is 19.5. The van der Waals surface area contributed by atoms with Crippen molar-refractivity contribution >= 4 is 11.8 Å². The van der Waals surface area contributed by atoms with Gasteiger partial charge in [0.05, 0.1) is 6.61 Å². The summed E-state index contributed by atoms with van der Waals surface area (Å²) < 4.78 is 17.0. The van der Waals surface area contributed by atoms with Crippen LogP contribution in [0.2, 0.25) is 0 Å². The van der Waals surface area contributed by atoms with Crippen LogP contribution in [-0.2, 0) is 14.3 Å². The maximum Gasteiger partial charge on any atom is 0.266 e. The number of aliphatic hydroxyl groups excluding tert-OH is 1. The quantitative estimate of drug-likeness (QED) is 0.224. The second kappa shape index (κ2) is 12.9. The summed E-state index contributed by atoms with van der Waals surface area (Å²) in [6, 6.07) is 16.9. The minimum Gasteiger partial charge on any atom is -0.494 e. The second-order valence-corrected chi connectivity index (χ2v) is 7.92. The number of aliphatic hydroxyl groups is 1. The maximum atomic E-state index is 13.5. The molecular formula is C26H33N3O5. The summed E-state index contributed by atoms with van der Waals surface area (Å²) >= 11 is 0. The van der Waals surface area contributed by atoms with Crippen molar-refractivity contribution in [3.05, 3.63) is 78.4 Å². The normalized spacial score (nSPS) is 19.2. The third-order valence-electron chi connectivity index (χ3n) is 5.44. The van der Waals surface area contributed by atoms with Gasteiger partial charge in [-0.05, 0) is 36.2 Å². The molecule has 0 saturated carbocycles. The number of hydrogen-bond acceptors (Lipinski definition) is 7. The van der Waals surface area contributed by atoms with Gasteiger partial charge in [-0.2, -0.15) is 0 Å². The SMILES string of the molecule is C=CC[C@]1(C(=O)NNCCCOC)N=C(c2ccc(OCCCO)cc2)O[C@H]1c1ccccc1. The molecule has 3 N–H and O–H groups in total. The van der Waals surface area contributed by atoms with Crippen LogP contribution in [0.1, 0.15) is 36.5 Å². The van der Waals surface area contributed by atoms with Crippen molar-refractivity contribution in [1.29, 1.82) is 0 Å². The number of methoxy groups -OCH3 is 1. The van der Waals surface area contributed by atoms with E-state index in [0.717, 1.165) is 17.5 Å². The lowest BCUT2D eigenvalue weighted by Crippen LogP contribution is -2.52. The Morgan fingerprint density at radius 2 is 1.94 bits per heavy atom. The maximum absolute atomic E-state index is 13.5. The molecule has 8 heteroatoms. The van der Waals surface area contributed by atoms with Crippen LogP contribution in [0, 0.1) is 0 Å². The van der Waals surface area contributed by atoms with E-state index in [0.29, 0.717) is 44.2 Å². The number of rotatable bonds is 14. The lowest BCUT2D eigenvalue weighted by atomic mass is 9.84. The van der Waals surface area contributed by atoms with Gasteiger partial charge in [-0.3, -0.25) is 10.2 Å². The van der Waals surface area contributed by atoms with Gasteiger partial charge in [0, 0.05) is 45.3 Å². The summed E-state index contributed by atoms with van der Waals surface area (Å²) in [5, 5.41) is 8.92. The summed E-state index contributed by atoms with van der Waals surface area (Å²) in [6.45, 7) is 5.54. The molecule has 0 aliphatic carbocycles. The van der Waals surface area contributed by atoms with Crippen LogP contribution in [0.25, 0.3) is 0 Å². The van der Waals surface area contributed by atoms with E-state index >= 15 is 0 Å². The van der Waals surface area contributed by atoms with Crippen molar-refractivity contribution < 1.29 is 24.1 Å². The molecule has 0 radical (unpaired) electrons. The first-order valence-corrected chi connectivity index (χ1v) is 11.4. The Balaban J connectivity index is 1.87. The molecule has 182 valence electrons. The molecule has 2 atom stereocenters.